The van der Waals surface area contributed by atoms with Crippen LogP contribution in [0.25, 0.3) is 0 Å². The lowest BCUT2D eigenvalue weighted by molar-refractivity contribution is 0.342. The Bertz CT molecular complexity index is 572. The summed E-state index contributed by atoms with van der Waals surface area (Å²) in [5, 5.41) is 0. The SMILES string of the molecule is Nc1ccccc1S(=O)CCOc1ccc(Br)cc1. The van der Waals surface area contributed by atoms with Crippen LogP contribution in [0.1, 0.15) is 0 Å². The lowest BCUT2D eigenvalue weighted by Crippen LogP contribution is -2.10. The number of nitrogen functional groups attached to an aromatic ring is 1. The number of ether oxygens (including phenoxy) is 1. The molecule has 0 bridgehead atoms. The quantitative estimate of drug-likeness (QED) is 0.851. The van der Waals surface area contributed by atoms with Crippen molar-refractivity contribution in [2.75, 3.05) is 18.1 Å². The van der Waals surface area contributed by atoms with Crippen LogP contribution < -0.4 is 10.5 Å². The molecule has 0 aromatic heterocycles. The topological polar surface area (TPSA) is 52.3 Å². The zero-order valence-corrected chi connectivity index (χ0v) is 12.6. The molecule has 0 aliphatic heterocycles. The molecule has 100 valence electrons. The van der Waals surface area contributed by atoms with Gasteiger partial charge in [0.25, 0.3) is 0 Å². The molecule has 0 heterocycles. The van der Waals surface area contributed by atoms with Crippen molar-refractivity contribution in [2.45, 2.75) is 4.90 Å². The second kappa shape index (κ2) is 6.73. The van der Waals surface area contributed by atoms with E-state index in [2.05, 4.69) is 15.9 Å². The fourth-order valence-electron chi connectivity index (χ4n) is 1.56. The number of rotatable bonds is 5. The molecule has 0 saturated carbocycles. The maximum atomic E-state index is 12.1. The van der Waals surface area contributed by atoms with Gasteiger partial charge in [0.2, 0.25) is 0 Å². The third-order valence-electron chi connectivity index (χ3n) is 2.52. The van der Waals surface area contributed by atoms with E-state index in [9.17, 15) is 4.21 Å². The molecular formula is C14H14BrNO2S. The first-order chi connectivity index (χ1) is 9.16. The molecule has 1 atom stereocenters. The molecule has 0 aliphatic rings. The summed E-state index contributed by atoms with van der Waals surface area (Å²) >= 11 is 3.36. The predicted octanol–water partition coefficient (Wildman–Crippen LogP) is 3.22. The van der Waals surface area contributed by atoms with Crippen LogP contribution in [0.3, 0.4) is 0 Å². The zero-order chi connectivity index (χ0) is 13.7. The van der Waals surface area contributed by atoms with Gasteiger partial charge in [-0.15, -0.1) is 0 Å². The summed E-state index contributed by atoms with van der Waals surface area (Å²) in [6, 6.07) is 14.7. The van der Waals surface area contributed by atoms with Gasteiger partial charge in [-0.2, -0.15) is 0 Å². The van der Waals surface area contributed by atoms with Gasteiger partial charge < -0.3 is 10.5 Å². The lowest BCUT2D eigenvalue weighted by atomic mass is 10.3. The maximum absolute atomic E-state index is 12.1. The van der Waals surface area contributed by atoms with E-state index >= 15 is 0 Å². The van der Waals surface area contributed by atoms with Crippen molar-refractivity contribution in [1.29, 1.82) is 0 Å². The average Bonchev–Trinajstić information content (AvgIpc) is 2.41. The molecule has 5 heteroatoms. The van der Waals surface area contributed by atoms with E-state index in [-0.39, 0.29) is 0 Å². The fraction of sp³-hybridized carbons (Fsp3) is 0.143. The molecule has 2 aromatic rings. The molecule has 0 radical (unpaired) electrons. The third-order valence-corrected chi connectivity index (χ3v) is 4.44. The predicted molar refractivity (Wildman–Crippen MR) is 81.8 cm³/mol. The number of halogens is 1. The van der Waals surface area contributed by atoms with Crippen LogP contribution in [0.5, 0.6) is 5.75 Å². The van der Waals surface area contributed by atoms with Gasteiger partial charge in [-0.05, 0) is 36.4 Å². The Hall–Kier alpha value is -1.33. The Morgan fingerprint density at radius 1 is 1.11 bits per heavy atom. The lowest BCUT2D eigenvalue weighted by Gasteiger charge is -2.07. The number of nitrogens with two attached hydrogens (primary N) is 1. The summed E-state index contributed by atoms with van der Waals surface area (Å²) in [5.74, 6) is 1.19. The van der Waals surface area contributed by atoms with Gasteiger partial charge in [0.15, 0.2) is 0 Å². The summed E-state index contributed by atoms with van der Waals surface area (Å²) < 4.78 is 18.6. The zero-order valence-electron chi connectivity index (χ0n) is 10.2. The highest BCUT2D eigenvalue weighted by Crippen LogP contribution is 2.17. The number of para-hydroxylation sites is 1. The van der Waals surface area contributed by atoms with E-state index in [4.69, 9.17) is 10.5 Å². The van der Waals surface area contributed by atoms with Crippen molar-refractivity contribution in [3.05, 3.63) is 53.0 Å². The van der Waals surface area contributed by atoms with Gasteiger partial charge in [-0.1, -0.05) is 28.1 Å². The highest BCUT2D eigenvalue weighted by atomic mass is 79.9. The van der Waals surface area contributed by atoms with E-state index in [1.807, 2.05) is 36.4 Å². The summed E-state index contributed by atoms with van der Waals surface area (Å²) in [7, 11) is -1.13. The molecule has 1 unspecified atom stereocenters. The second-order valence-corrected chi connectivity index (χ2v) is 6.34. The molecule has 2 aromatic carbocycles. The Kier molecular flexibility index (Phi) is 4.99. The molecule has 0 spiro atoms. The van der Waals surface area contributed by atoms with Crippen LogP contribution in [-0.4, -0.2) is 16.6 Å². The summed E-state index contributed by atoms with van der Waals surface area (Å²) in [4.78, 5) is 0.668. The normalized spacial score (nSPS) is 12.1. The number of hydrogen-bond acceptors (Lipinski definition) is 3. The standard InChI is InChI=1S/C14H14BrNO2S/c15-11-5-7-12(8-6-11)18-9-10-19(17)14-4-2-1-3-13(14)16/h1-8H,9-10,16H2. The number of anilines is 1. The van der Waals surface area contributed by atoms with E-state index in [1.54, 1.807) is 12.1 Å². The molecular weight excluding hydrogens is 326 g/mol. The molecule has 0 saturated heterocycles. The fourth-order valence-corrected chi connectivity index (χ4v) is 2.84. The van der Waals surface area contributed by atoms with Crippen LogP contribution in [0, 0.1) is 0 Å². The summed E-state index contributed by atoms with van der Waals surface area (Å²) in [6.45, 7) is 0.391. The Morgan fingerprint density at radius 3 is 2.47 bits per heavy atom. The first-order valence-corrected chi connectivity index (χ1v) is 7.89. The van der Waals surface area contributed by atoms with E-state index < -0.39 is 10.8 Å². The largest absolute Gasteiger partial charge is 0.493 e. The minimum absolute atomic E-state index is 0.391. The van der Waals surface area contributed by atoms with Crippen LogP contribution in [0.2, 0.25) is 0 Å². The van der Waals surface area contributed by atoms with Crippen LogP contribution in [0.4, 0.5) is 5.69 Å². The van der Waals surface area contributed by atoms with E-state index in [1.165, 1.54) is 0 Å². The van der Waals surface area contributed by atoms with Crippen molar-refractivity contribution in [1.82, 2.24) is 0 Å². The molecule has 2 rings (SSSR count). The van der Waals surface area contributed by atoms with Crippen molar-refractivity contribution in [2.24, 2.45) is 0 Å². The first kappa shape index (κ1) is 14.1. The molecule has 3 nitrogen and oxygen atoms in total. The van der Waals surface area contributed by atoms with Crippen LogP contribution in [0.15, 0.2) is 57.9 Å². The number of hydrogen-bond donors (Lipinski definition) is 1. The number of benzene rings is 2. The summed E-state index contributed by atoms with van der Waals surface area (Å²) in [5.41, 5.74) is 6.34. The molecule has 0 fully saturated rings. The Morgan fingerprint density at radius 2 is 1.79 bits per heavy atom. The van der Waals surface area contributed by atoms with E-state index in [0.717, 1.165) is 10.2 Å². The molecule has 2 N–H and O–H groups in total. The highest BCUT2D eigenvalue weighted by Gasteiger charge is 2.07. The van der Waals surface area contributed by atoms with Crippen molar-refractivity contribution >= 4 is 32.4 Å². The van der Waals surface area contributed by atoms with Gasteiger partial charge in [0, 0.05) is 10.2 Å². The van der Waals surface area contributed by atoms with Crippen molar-refractivity contribution < 1.29 is 8.95 Å². The molecule has 0 amide bonds. The minimum Gasteiger partial charge on any atom is -0.493 e. The first-order valence-electron chi connectivity index (χ1n) is 5.78. The summed E-state index contributed by atoms with van der Waals surface area (Å²) in [6.07, 6.45) is 0. The smallest absolute Gasteiger partial charge is 0.119 e. The molecule has 19 heavy (non-hydrogen) atoms. The molecule has 0 aliphatic carbocycles. The van der Waals surface area contributed by atoms with Gasteiger partial charge in [-0.25, -0.2) is 0 Å². The van der Waals surface area contributed by atoms with Gasteiger partial charge in [0.05, 0.1) is 21.4 Å². The second-order valence-electron chi connectivity index (χ2n) is 3.89. The van der Waals surface area contributed by atoms with Crippen molar-refractivity contribution in [3.63, 3.8) is 0 Å². The van der Waals surface area contributed by atoms with Crippen LogP contribution in [-0.2, 0) is 10.8 Å². The monoisotopic (exact) mass is 339 g/mol. The van der Waals surface area contributed by atoms with Crippen LogP contribution >= 0.6 is 15.9 Å². The third kappa shape index (κ3) is 4.08. The Labute approximate surface area is 123 Å². The average molecular weight is 340 g/mol. The van der Waals surface area contributed by atoms with Crippen molar-refractivity contribution in [3.8, 4) is 5.75 Å². The maximum Gasteiger partial charge on any atom is 0.119 e. The van der Waals surface area contributed by atoms with E-state index in [0.29, 0.717) is 22.9 Å². The Balaban J connectivity index is 1.88. The highest BCUT2D eigenvalue weighted by molar-refractivity contribution is 9.10. The van der Waals surface area contributed by atoms with Gasteiger partial charge in [-0.3, -0.25) is 4.21 Å². The van der Waals surface area contributed by atoms with Gasteiger partial charge in [0.1, 0.15) is 12.4 Å². The minimum atomic E-state index is -1.13. The van der Waals surface area contributed by atoms with Gasteiger partial charge >= 0.3 is 0 Å².